The van der Waals surface area contributed by atoms with Crippen molar-refractivity contribution in [3.05, 3.63) is 22.8 Å². The number of carbonyl (C=O) groups excluding carboxylic acids is 1. The number of aromatic nitrogens is 1. The molecule has 0 spiro atoms. The van der Waals surface area contributed by atoms with E-state index in [1.165, 1.54) is 0 Å². The second-order valence-electron chi connectivity index (χ2n) is 5.93. The quantitative estimate of drug-likeness (QED) is 0.847. The van der Waals surface area contributed by atoms with Gasteiger partial charge in [0.1, 0.15) is 0 Å². The van der Waals surface area contributed by atoms with Crippen molar-refractivity contribution in [1.82, 2.24) is 4.98 Å². The Bertz CT molecular complexity index is 532. The molecule has 7 heteroatoms. The summed E-state index contributed by atoms with van der Waals surface area (Å²) in [6.07, 6.45) is 0.0348. The third kappa shape index (κ3) is 2.97. The molecule has 0 aromatic carbocycles. The van der Waals surface area contributed by atoms with Crippen LogP contribution >= 0.6 is 11.6 Å². The first kappa shape index (κ1) is 15.3. The van der Waals surface area contributed by atoms with Gasteiger partial charge in [-0.2, -0.15) is 0 Å². The Balaban J connectivity index is 2.30. The van der Waals surface area contributed by atoms with Gasteiger partial charge in [0, 0.05) is 5.02 Å². The van der Waals surface area contributed by atoms with E-state index in [4.69, 9.17) is 26.6 Å². The van der Waals surface area contributed by atoms with Crippen molar-refractivity contribution in [2.75, 3.05) is 0 Å². The maximum absolute atomic E-state index is 11.0. The molecule has 1 amide bonds. The molecule has 0 bridgehead atoms. The Morgan fingerprint density at radius 1 is 1.30 bits per heavy atom. The molecule has 1 aliphatic rings. The monoisotopic (exact) mass is 296 g/mol. The molecule has 20 heavy (non-hydrogen) atoms. The predicted molar refractivity (Wildman–Crippen MR) is 77.9 cm³/mol. The van der Waals surface area contributed by atoms with E-state index in [-0.39, 0.29) is 6.42 Å². The van der Waals surface area contributed by atoms with Gasteiger partial charge in [-0.3, -0.25) is 9.78 Å². The number of nitrogens with zero attached hydrogens (tertiary/aromatic N) is 1. The summed E-state index contributed by atoms with van der Waals surface area (Å²) in [7, 11) is -0.606. The first-order valence-corrected chi connectivity index (χ1v) is 6.79. The fourth-order valence-corrected chi connectivity index (χ4v) is 2.16. The molecule has 2 rings (SSSR count). The summed E-state index contributed by atoms with van der Waals surface area (Å²) in [5.41, 5.74) is 5.33. The van der Waals surface area contributed by atoms with Crippen molar-refractivity contribution in [3.63, 3.8) is 0 Å². The highest BCUT2D eigenvalue weighted by Gasteiger charge is 2.52. The highest BCUT2D eigenvalue weighted by molar-refractivity contribution is 6.61. The van der Waals surface area contributed by atoms with Gasteiger partial charge in [0.15, 0.2) is 0 Å². The van der Waals surface area contributed by atoms with Crippen LogP contribution in [0, 0.1) is 0 Å². The molecule has 1 aliphatic heterocycles. The first-order valence-electron chi connectivity index (χ1n) is 6.41. The van der Waals surface area contributed by atoms with Crippen LogP contribution in [0.3, 0.4) is 0 Å². The molecule has 1 fully saturated rings. The molecular formula is C13H18BClN2O3. The molecule has 108 valence electrons. The number of hydrogen-bond donors (Lipinski definition) is 1. The number of amides is 1. The summed E-state index contributed by atoms with van der Waals surface area (Å²) < 4.78 is 11.8. The minimum Gasteiger partial charge on any atom is -0.398 e. The fraction of sp³-hybridized carbons (Fsp3) is 0.538. The summed E-state index contributed by atoms with van der Waals surface area (Å²) in [5.74, 6) is -0.459. The molecule has 5 nitrogen and oxygen atoms in total. The average molecular weight is 297 g/mol. The number of hydrogen-bond acceptors (Lipinski definition) is 4. The van der Waals surface area contributed by atoms with Gasteiger partial charge >= 0.3 is 7.12 Å². The van der Waals surface area contributed by atoms with Crippen molar-refractivity contribution in [1.29, 1.82) is 0 Å². The Labute approximate surface area is 123 Å². The topological polar surface area (TPSA) is 74.4 Å². The van der Waals surface area contributed by atoms with Crippen molar-refractivity contribution in [2.24, 2.45) is 5.73 Å². The molecular weight excluding hydrogens is 278 g/mol. The van der Waals surface area contributed by atoms with Gasteiger partial charge in [-0.15, -0.1) is 0 Å². The van der Waals surface area contributed by atoms with E-state index in [0.29, 0.717) is 16.3 Å². The molecule has 0 saturated carbocycles. The van der Waals surface area contributed by atoms with E-state index in [1.807, 2.05) is 27.7 Å². The molecule has 0 radical (unpaired) electrons. The SMILES string of the molecule is CC1(C)OB(c2cc(Cl)cc(CC(N)=O)n2)OC1(C)C. The van der Waals surface area contributed by atoms with Crippen molar-refractivity contribution < 1.29 is 14.1 Å². The lowest BCUT2D eigenvalue weighted by atomic mass is 9.84. The normalized spacial score (nSPS) is 20.1. The number of halogens is 1. The second kappa shape index (κ2) is 5.02. The molecule has 0 aliphatic carbocycles. The first-order chi connectivity index (χ1) is 9.10. The maximum atomic E-state index is 11.0. The predicted octanol–water partition coefficient (Wildman–Crippen LogP) is 1.06. The lowest BCUT2D eigenvalue weighted by Crippen LogP contribution is -2.41. The number of primary amides is 1. The van der Waals surface area contributed by atoms with Gasteiger partial charge in [-0.25, -0.2) is 0 Å². The average Bonchev–Trinajstić information content (AvgIpc) is 2.46. The zero-order valence-electron chi connectivity index (χ0n) is 12.1. The number of nitrogens with two attached hydrogens (primary N) is 1. The minimum absolute atomic E-state index is 0.0348. The summed E-state index contributed by atoms with van der Waals surface area (Å²) in [6.45, 7) is 7.84. The summed E-state index contributed by atoms with van der Waals surface area (Å²) in [5, 5.41) is 0.473. The van der Waals surface area contributed by atoms with Crippen LogP contribution in [0.5, 0.6) is 0 Å². The Morgan fingerprint density at radius 3 is 2.35 bits per heavy atom. The lowest BCUT2D eigenvalue weighted by molar-refractivity contribution is -0.117. The van der Waals surface area contributed by atoms with Crippen LogP contribution in [0.2, 0.25) is 5.02 Å². The molecule has 2 N–H and O–H groups in total. The number of rotatable bonds is 3. The van der Waals surface area contributed by atoms with E-state index in [0.717, 1.165) is 0 Å². The molecule has 2 heterocycles. The standard InChI is InChI=1S/C13H18BClN2O3/c1-12(2)13(3,4)20-14(19-12)10-6-8(15)5-9(17-10)7-11(16)18/h5-6H,7H2,1-4H3,(H2,16,18). The summed E-state index contributed by atoms with van der Waals surface area (Å²) in [4.78, 5) is 15.3. The Hall–Kier alpha value is -1.11. The van der Waals surface area contributed by atoms with E-state index in [2.05, 4.69) is 4.98 Å². The van der Waals surface area contributed by atoms with Crippen molar-refractivity contribution >= 4 is 30.2 Å². The highest BCUT2D eigenvalue weighted by Crippen LogP contribution is 2.36. The van der Waals surface area contributed by atoms with E-state index >= 15 is 0 Å². The van der Waals surface area contributed by atoms with Crippen molar-refractivity contribution in [3.8, 4) is 0 Å². The zero-order valence-corrected chi connectivity index (χ0v) is 12.8. The largest absolute Gasteiger partial charge is 0.514 e. The van der Waals surface area contributed by atoms with Gasteiger partial charge in [-0.05, 0) is 39.8 Å². The van der Waals surface area contributed by atoms with Gasteiger partial charge in [0.2, 0.25) is 5.91 Å². The van der Waals surface area contributed by atoms with Crippen LogP contribution in [0.25, 0.3) is 0 Å². The molecule has 0 unspecified atom stereocenters. The van der Waals surface area contributed by atoms with Crippen LogP contribution in [-0.2, 0) is 20.5 Å². The van der Waals surface area contributed by atoms with Gasteiger partial charge in [-0.1, -0.05) is 11.6 Å². The van der Waals surface area contributed by atoms with E-state index in [1.54, 1.807) is 12.1 Å². The van der Waals surface area contributed by atoms with Crippen LogP contribution < -0.4 is 11.3 Å². The Kier molecular flexibility index (Phi) is 3.84. The van der Waals surface area contributed by atoms with Crippen molar-refractivity contribution in [2.45, 2.75) is 45.3 Å². The molecule has 0 atom stereocenters. The molecule has 1 aromatic heterocycles. The van der Waals surface area contributed by atoms with E-state index < -0.39 is 24.2 Å². The van der Waals surface area contributed by atoms with Gasteiger partial charge < -0.3 is 15.0 Å². The van der Waals surface area contributed by atoms with Crippen LogP contribution in [-0.4, -0.2) is 29.2 Å². The minimum atomic E-state index is -0.606. The number of carbonyl (C=O) groups is 1. The van der Waals surface area contributed by atoms with Crippen LogP contribution in [0.4, 0.5) is 0 Å². The summed E-state index contributed by atoms with van der Waals surface area (Å²) in [6, 6.07) is 3.29. The van der Waals surface area contributed by atoms with Gasteiger partial charge in [0.25, 0.3) is 0 Å². The smallest absolute Gasteiger partial charge is 0.398 e. The zero-order chi connectivity index (χ0) is 15.1. The second-order valence-corrected chi connectivity index (χ2v) is 6.37. The van der Waals surface area contributed by atoms with Gasteiger partial charge in [0.05, 0.1) is 28.9 Å². The van der Waals surface area contributed by atoms with Crippen LogP contribution in [0.15, 0.2) is 12.1 Å². The Morgan fingerprint density at radius 2 is 1.85 bits per heavy atom. The molecule has 1 saturated heterocycles. The molecule has 1 aromatic rings. The maximum Gasteiger partial charge on any atom is 0.514 e. The lowest BCUT2D eigenvalue weighted by Gasteiger charge is -2.32. The fourth-order valence-electron chi connectivity index (χ4n) is 1.93. The van der Waals surface area contributed by atoms with Crippen LogP contribution in [0.1, 0.15) is 33.4 Å². The third-order valence-corrected chi connectivity index (χ3v) is 3.93. The third-order valence-electron chi connectivity index (χ3n) is 3.71. The van der Waals surface area contributed by atoms with E-state index in [9.17, 15) is 4.79 Å². The highest BCUT2D eigenvalue weighted by atomic mass is 35.5. The summed E-state index contributed by atoms with van der Waals surface area (Å²) >= 11 is 6.05. The number of pyridine rings is 1.